The van der Waals surface area contributed by atoms with Gasteiger partial charge in [-0.3, -0.25) is 0 Å². The van der Waals surface area contributed by atoms with Gasteiger partial charge in [-0.05, 0) is 55.0 Å². The normalized spacial score (nSPS) is 16.4. The molecule has 0 aromatic heterocycles. The van der Waals surface area contributed by atoms with E-state index in [0.717, 1.165) is 18.6 Å². The van der Waals surface area contributed by atoms with Crippen molar-refractivity contribution in [2.75, 3.05) is 205 Å². The Morgan fingerprint density at radius 1 is 0.243 bits per heavy atom. The molecule has 8 unspecified atom stereocenters. The number of benzene rings is 2. The summed E-state index contributed by atoms with van der Waals surface area (Å²) in [6.07, 6.45) is 0.965. The second kappa shape index (κ2) is 68.1. The van der Waals surface area contributed by atoms with Gasteiger partial charge in [-0.1, -0.05) is 90.4 Å². The van der Waals surface area contributed by atoms with E-state index in [4.69, 9.17) is 75.8 Å². The van der Waals surface area contributed by atoms with Crippen molar-refractivity contribution < 1.29 is 157 Å². The molecule has 16 N–H and O–H groups in total. The molecule has 8 atom stereocenters. The van der Waals surface area contributed by atoms with Gasteiger partial charge >= 0.3 is 0 Å². The van der Waals surface area contributed by atoms with Crippen molar-refractivity contribution in [3.8, 4) is 11.5 Å². The molecule has 107 heavy (non-hydrogen) atoms. The van der Waals surface area contributed by atoms with Crippen LogP contribution in [0.2, 0.25) is 0 Å². The molecule has 34 heteroatoms. The second-order valence-corrected chi connectivity index (χ2v) is 26.1. The standard InChI is InChI=1S/C73H132N2O32/c1-2-3-4-5-6-7-8-9-10-11-12-13-14-15-24-100-65-20-16-55(17-21-65)74-75-56-18-22-66(23-19-56)107-73(53-105-71(49-101-67(41-92-33-57(84)25-76)42-93-34-58(85)26-77)50-102-68(43-94-35-59(86)27-78)44-95-36-60(87)28-79)54-106-72(51-103-69(45-96-37-61(88)29-80)46-97-38-62(89)30-81)52-104-70(47-98-39-63(90)31-82)48-99-40-64(91)32-83/h16-23,57-64,67-73,76-91H,2-15,24-54H2,1H3. The molecule has 2 aromatic carbocycles. The van der Waals surface area contributed by atoms with E-state index in [0.29, 0.717) is 18.0 Å². The van der Waals surface area contributed by atoms with Crippen molar-refractivity contribution in [3.05, 3.63) is 48.5 Å². The number of aliphatic hydroxyl groups excluding tert-OH is 16. The molecule has 0 spiro atoms. The van der Waals surface area contributed by atoms with Crippen molar-refractivity contribution >= 4 is 11.4 Å². The summed E-state index contributed by atoms with van der Waals surface area (Å²) in [7, 11) is 0. The van der Waals surface area contributed by atoms with E-state index >= 15 is 0 Å². The average Bonchev–Trinajstić information content (AvgIpc) is 0.894. The topological polar surface area (TPSA) is 496 Å². The van der Waals surface area contributed by atoms with Crippen LogP contribution in [-0.4, -0.2) is 378 Å². The minimum Gasteiger partial charge on any atom is -0.494 e. The van der Waals surface area contributed by atoms with Crippen LogP contribution in [0.4, 0.5) is 11.4 Å². The third-order valence-electron chi connectivity index (χ3n) is 15.7. The lowest BCUT2D eigenvalue weighted by atomic mass is 10.0. The Bertz CT molecular complexity index is 2050. The summed E-state index contributed by atoms with van der Waals surface area (Å²) in [6, 6.07) is 13.9. The molecule has 2 rings (SSSR count). The number of hydrogen-bond donors (Lipinski definition) is 16. The number of rotatable bonds is 78. The Morgan fingerprint density at radius 3 is 0.682 bits per heavy atom. The van der Waals surface area contributed by atoms with Gasteiger partial charge in [0.25, 0.3) is 0 Å². The zero-order valence-corrected chi connectivity index (χ0v) is 62.7. The first-order chi connectivity index (χ1) is 52.0. The summed E-state index contributed by atoms with van der Waals surface area (Å²) >= 11 is 0. The number of hydrogen-bond acceptors (Lipinski definition) is 34. The van der Waals surface area contributed by atoms with Crippen molar-refractivity contribution in [1.29, 1.82) is 0 Å². The van der Waals surface area contributed by atoms with E-state index < -0.39 is 144 Å². The monoisotopic (exact) mass is 1550 g/mol. The molecule has 0 fully saturated rings. The maximum absolute atomic E-state index is 10.1. The van der Waals surface area contributed by atoms with Gasteiger partial charge in [0.15, 0.2) is 0 Å². The van der Waals surface area contributed by atoms with Crippen LogP contribution in [0.15, 0.2) is 58.8 Å². The van der Waals surface area contributed by atoms with Gasteiger partial charge in [-0.2, -0.15) is 10.2 Å². The molecule has 2 aromatic rings. The van der Waals surface area contributed by atoms with Crippen LogP contribution in [-0.2, 0) is 66.3 Å². The van der Waals surface area contributed by atoms with Crippen LogP contribution in [0.5, 0.6) is 11.5 Å². The van der Waals surface area contributed by atoms with Gasteiger partial charge in [0.1, 0.15) is 103 Å². The maximum Gasteiger partial charge on any atom is 0.145 e. The Labute approximate surface area is 630 Å². The van der Waals surface area contributed by atoms with Crippen LogP contribution in [0.25, 0.3) is 0 Å². The highest BCUT2D eigenvalue weighted by Gasteiger charge is 2.27. The number of ether oxygens (including phenoxy) is 16. The SMILES string of the molecule is CCCCCCCCCCCCCCCCOc1ccc(N=Nc2ccc(OC(COC(COC(COCC(O)CO)COCC(O)CO)COC(COCC(O)CO)COCC(O)CO)COC(COC(COCC(O)CO)COCC(O)CO)COC(COCC(O)CO)COCC(O)CO)cc2)cc1. The van der Waals surface area contributed by atoms with E-state index in [2.05, 4.69) is 17.2 Å². The molecule has 0 heterocycles. The highest BCUT2D eigenvalue weighted by Crippen LogP contribution is 2.25. The van der Waals surface area contributed by atoms with E-state index in [1.165, 1.54) is 77.0 Å². The van der Waals surface area contributed by atoms with Crippen molar-refractivity contribution in [1.82, 2.24) is 0 Å². The number of aliphatic hydroxyl groups is 16. The summed E-state index contributed by atoms with van der Waals surface area (Å²) in [4.78, 5) is 0. The summed E-state index contributed by atoms with van der Waals surface area (Å²) in [6.45, 7) is -7.86. The third kappa shape index (κ3) is 55.5. The predicted molar refractivity (Wildman–Crippen MR) is 387 cm³/mol. The lowest BCUT2D eigenvalue weighted by Gasteiger charge is -2.29. The van der Waals surface area contributed by atoms with Gasteiger partial charge in [0.2, 0.25) is 0 Å². The summed E-state index contributed by atoms with van der Waals surface area (Å²) in [5, 5.41) is 165. The number of unbranched alkanes of at least 4 members (excludes halogenated alkanes) is 13. The maximum atomic E-state index is 10.1. The molecule has 0 saturated carbocycles. The third-order valence-corrected chi connectivity index (χ3v) is 15.7. The number of azo groups is 1. The molecule has 0 aliphatic carbocycles. The largest absolute Gasteiger partial charge is 0.494 e. The quantitative estimate of drug-likeness (QED) is 0.0306. The number of nitrogens with zero attached hydrogens (tertiary/aromatic N) is 2. The molecule has 0 aliphatic rings. The van der Waals surface area contributed by atoms with E-state index in [-0.39, 0.29) is 151 Å². The van der Waals surface area contributed by atoms with E-state index in [1.807, 2.05) is 12.1 Å². The van der Waals surface area contributed by atoms with Gasteiger partial charge < -0.3 is 157 Å². The van der Waals surface area contributed by atoms with Gasteiger partial charge in [0, 0.05) is 0 Å². The van der Waals surface area contributed by atoms with Crippen molar-refractivity contribution in [2.45, 2.75) is 188 Å². The lowest BCUT2D eigenvalue weighted by Crippen LogP contribution is -2.41. The van der Waals surface area contributed by atoms with Crippen molar-refractivity contribution in [3.63, 3.8) is 0 Å². The van der Waals surface area contributed by atoms with Gasteiger partial charge in [0.05, 0.1) is 216 Å². The zero-order chi connectivity index (χ0) is 78.2. The van der Waals surface area contributed by atoms with Gasteiger partial charge in [-0.15, -0.1) is 0 Å². The zero-order valence-electron chi connectivity index (χ0n) is 62.7. The first kappa shape index (κ1) is 99.5. The summed E-state index contributed by atoms with van der Waals surface area (Å²) in [5.41, 5.74) is 1.04. The van der Waals surface area contributed by atoms with Gasteiger partial charge in [-0.25, -0.2) is 0 Å². The molecule has 0 radical (unpaired) electrons. The van der Waals surface area contributed by atoms with Crippen molar-refractivity contribution in [2.24, 2.45) is 10.2 Å². The molecule has 0 aliphatic heterocycles. The molecular formula is C73H132N2O32. The average molecular weight is 1550 g/mol. The summed E-state index contributed by atoms with van der Waals surface area (Å²) < 4.78 is 96.1. The molecule has 0 saturated heterocycles. The summed E-state index contributed by atoms with van der Waals surface area (Å²) in [5.74, 6) is 1.01. The van der Waals surface area contributed by atoms with Crippen LogP contribution in [0.1, 0.15) is 96.8 Å². The highest BCUT2D eigenvalue weighted by atomic mass is 16.6. The first-order valence-electron chi connectivity index (χ1n) is 37.5. The van der Waals surface area contributed by atoms with E-state index in [9.17, 15) is 81.7 Å². The minimum absolute atomic E-state index is 0.214. The fourth-order valence-corrected chi connectivity index (χ4v) is 9.54. The highest BCUT2D eigenvalue weighted by molar-refractivity contribution is 5.44. The van der Waals surface area contributed by atoms with E-state index in [1.54, 1.807) is 36.4 Å². The lowest BCUT2D eigenvalue weighted by molar-refractivity contribution is -0.156. The van der Waals surface area contributed by atoms with Crippen LogP contribution >= 0.6 is 0 Å². The Hall–Kier alpha value is -3.56. The van der Waals surface area contributed by atoms with Crippen LogP contribution in [0, 0.1) is 0 Å². The van der Waals surface area contributed by atoms with Crippen LogP contribution < -0.4 is 9.47 Å². The molecular weight excluding hydrogens is 1420 g/mol. The fraction of sp³-hybridized carbons (Fsp3) is 0.836. The van der Waals surface area contributed by atoms with Crippen LogP contribution in [0.3, 0.4) is 0 Å². The predicted octanol–water partition coefficient (Wildman–Crippen LogP) is -0.0209. The molecule has 34 nitrogen and oxygen atoms in total. The molecule has 0 bridgehead atoms. The second-order valence-electron chi connectivity index (χ2n) is 26.1. The minimum atomic E-state index is -1.23. The Kier molecular flexibility index (Phi) is 63.3. The fourth-order valence-electron chi connectivity index (χ4n) is 9.54. The first-order valence-corrected chi connectivity index (χ1v) is 37.5. The molecule has 626 valence electrons. The Balaban J connectivity index is 2.62. The molecule has 0 amide bonds. The smallest absolute Gasteiger partial charge is 0.145 e. The Morgan fingerprint density at radius 2 is 0.449 bits per heavy atom.